The van der Waals surface area contributed by atoms with Crippen LogP contribution in [0.2, 0.25) is 0 Å². The highest BCUT2D eigenvalue weighted by Gasteiger charge is 2.14. The van der Waals surface area contributed by atoms with Gasteiger partial charge in [-0.3, -0.25) is 9.20 Å². The maximum atomic E-state index is 12.3. The van der Waals surface area contributed by atoms with E-state index in [1.54, 1.807) is 7.11 Å². The summed E-state index contributed by atoms with van der Waals surface area (Å²) in [6.45, 7) is 3.91. The van der Waals surface area contributed by atoms with Crippen molar-refractivity contribution in [2.45, 2.75) is 24.8 Å². The van der Waals surface area contributed by atoms with E-state index in [0.717, 1.165) is 38.0 Å². The predicted molar refractivity (Wildman–Crippen MR) is 113 cm³/mol. The summed E-state index contributed by atoms with van der Waals surface area (Å²) in [6, 6.07) is 9.51. The summed E-state index contributed by atoms with van der Waals surface area (Å²) < 4.78 is 8.75. The van der Waals surface area contributed by atoms with Gasteiger partial charge in [-0.25, -0.2) is 4.98 Å². The molecule has 0 amide bonds. The van der Waals surface area contributed by atoms with E-state index in [-0.39, 0.29) is 5.56 Å². The summed E-state index contributed by atoms with van der Waals surface area (Å²) in [5.74, 6) is 1.28. The number of benzene rings is 1. The first kappa shape index (κ1) is 18.1. The molecule has 0 radical (unpaired) electrons. The molecule has 0 spiro atoms. The molecule has 5 aromatic rings. The smallest absolute Gasteiger partial charge is 0.275 e. The molecular weight excluding hydrogens is 408 g/mol. The number of thioether (sulfide) groups is 1. The van der Waals surface area contributed by atoms with Crippen LogP contribution in [0.3, 0.4) is 0 Å². The molecule has 0 fully saturated rings. The summed E-state index contributed by atoms with van der Waals surface area (Å²) in [7, 11) is 1.65. The molecule has 0 aliphatic rings. The Morgan fingerprint density at radius 1 is 1.17 bits per heavy atom. The van der Waals surface area contributed by atoms with Crippen molar-refractivity contribution in [2.24, 2.45) is 0 Å². The maximum Gasteiger partial charge on any atom is 0.275 e. The van der Waals surface area contributed by atoms with Gasteiger partial charge >= 0.3 is 0 Å². The first-order valence-corrected chi connectivity index (χ1v) is 10.7. The fourth-order valence-electron chi connectivity index (χ4n) is 3.29. The van der Waals surface area contributed by atoms with Gasteiger partial charge in [-0.15, -0.1) is 10.2 Å². The van der Waals surface area contributed by atoms with Gasteiger partial charge in [0.1, 0.15) is 10.8 Å². The van der Waals surface area contributed by atoms with Crippen molar-refractivity contribution in [1.82, 2.24) is 29.2 Å². The van der Waals surface area contributed by atoms with Crippen LogP contribution in [-0.2, 0) is 5.75 Å². The van der Waals surface area contributed by atoms with Crippen molar-refractivity contribution in [1.29, 1.82) is 0 Å². The first-order chi connectivity index (χ1) is 14.0. The van der Waals surface area contributed by atoms with Crippen molar-refractivity contribution in [3.63, 3.8) is 0 Å². The van der Waals surface area contributed by atoms with Gasteiger partial charge in [-0.1, -0.05) is 23.1 Å². The normalized spacial score (nSPS) is 11.7. The second-order valence-electron chi connectivity index (χ2n) is 6.58. The number of ether oxygens (including phenoxy) is 1. The zero-order valence-corrected chi connectivity index (χ0v) is 17.5. The highest BCUT2D eigenvalue weighted by molar-refractivity contribution is 7.98. The Balaban J connectivity index is 1.57. The number of nitrogens with zero attached hydrogens (tertiary/aromatic N) is 6. The third-order valence-electron chi connectivity index (χ3n) is 4.62. The summed E-state index contributed by atoms with van der Waals surface area (Å²) in [4.78, 5) is 17.4. The number of hydrogen-bond acceptors (Lipinski definition) is 8. The number of methoxy groups -OCH3 is 1. The van der Waals surface area contributed by atoms with Crippen molar-refractivity contribution in [3.05, 3.63) is 57.0 Å². The highest BCUT2D eigenvalue weighted by Crippen LogP contribution is 2.29. The Morgan fingerprint density at radius 2 is 2.03 bits per heavy atom. The first-order valence-electron chi connectivity index (χ1n) is 8.85. The lowest BCUT2D eigenvalue weighted by molar-refractivity contribution is 0.415. The number of fused-ring (bicyclic) bond motifs is 4. The van der Waals surface area contributed by atoms with Crippen LogP contribution >= 0.6 is 23.1 Å². The number of hydrogen-bond donors (Lipinski definition) is 0. The Kier molecular flexibility index (Phi) is 4.25. The Bertz CT molecular complexity index is 1450. The Hall–Kier alpha value is -2.98. The summed E-state index contributed by atoms with van der Waals surface area (Å²) in [6.07, 6.45) is 0. The lowest BCUT2D eigenvalue weighted by Crippen LogP contribution is -2.15. The van der Waals surface area contributed by atoms with Gasteiger partial charge in [-0.2, -0.15) is 9.61 Å². The zero-order valence-electron chi connectivity index (χ0n) is 15.9. The quantitative estimate of drug-likeness (QED) is 0.409. The second kappa shape index (κ2) is 6.82. The molecule has 0 aliphatic carbocycles. The van der Waals surface area contributed by atoms with Gasteiger partial charge in [0.05, 0.1) is 18.3 Å². The molecule has 29 heavy (non-hydrogen) atoms. The molecule has 4 aromatic heterocycles. The molecule has 0 aliphatic heterocycles. The standard InChI is InChI=1S/C19H16N6O2S2/c1-10-6-16-21-22-19(24(16)15-8-13(27-3)4-5-14(10)15)28-9-12-7-17(26)25-18(20-12)29-11(2)23-25/h4-8H,9H2,1-3H3. The number of aryl methyl sites for hydroxylation is 2. The van der Waals surface area contributed by atoms with Crippen LogP contribution in [0.15, 0.2) is 40.3 Å². The molecule has 10 heteroatoms. The van der Waals surface area contributed by atoms with Crippen molar-refractivity contribution in [2.75, 3.05) is 7.11 Å². The average Bonchev–Trinajstić information content (AvgIpc) is 3.29. The van der Waals surface area contributed by atoms with Crippen molar-refractivity contribution >= 4 is 44.6 Å². The van der Waals surface area contributed by atoms with Crippen LogP contribution in [0.25, 0.3) is 21.5 Å². The lowest BCUT2D eigenvalue weighted by atomic mass is 10.1. The van der Waals surface area contributed by atoms with Crippen LogP contribution in [0.1, 0.15) is 16.3 Å². The molecule has 1 aromatic carbocycles. The van der Waals surface area contributed by atoms with Gasteiger partial charge in [0.25, 0.3) is 5.56 Å². The van der Waals surface area contributed by atoms with E-state index in [2.05, 4.69) is 27.2 Å². The molecule has 146 valence electrons. The van der Waals surface area contributed by atoms with Crippen LogP contribution in [-0.4, -0.2) is 36.3 Å². The number of pyridine rings is 1. The van der Waals surface area contributed by atoms with E-state index in [0.29, 0.717) is 16.4 Å². The van der Waals surface area contributed by atoms with Crippen LogP contribution in [0, 0.1) is 13.8 Å². The minimum absolute atomic E-state index is 0.174. The SMILES string of the molecule is COc1ccc2c(C)cc3nnc(SCc4cc(=O)n5nc(C)sc5n4)n3c2c1. The molecule has 0 atom stereocenters. The molecule has 8 nitrogen and oxygen atoms in total. The van der Waals surface area contributed by atoms with E-state index in [1.807, 2.05) is 35.6 Å². The molecule has 0 saturated heterocycles. The number of aromatic nitrogens is 6. The lowest BCUT2D eigenvalue weighted by Gasteiger charge is -2.09. The minimum Gasteiger partial charge on any atom is -0.497 e. The highest BCUT2D eigenvalue weighted by atomic mass is 32.2. The van der Waals surface area contributed by atoms with E-state index < -0.39 is 0 Å². The van der Waals surface area contributed by atoms with Gasteiger partial charge in [-0.05, 0) is 37.6 Å². The molecule has 0 saturated carbocycles. The summed E-state index contributed by atoms with van der Waals surface area (Å²) >= 11 is 2.89. The topological polar surface area (TPSA) is 86.7 Å². The molecule has 0 bridgehead atoms. The zero-order chi connectivity index (χ0) is 20.1. The Labute approximate surface area is 173 Å². The molecular formula is C19H16N6O2S2. The summed E-state index contributed by atoms with van der Waals surface area (Å²) in [5.41, 5.74) is 3.39. The van der Waals surface area contributed by atoms with Crippen LogP contribution in [0.4, 0.5) is 0 Å². The van der Waals surface area contributed by atoms with Gasteiger partial charge in [0.15, 0.2) is 10.8 Å². The maximum absolute atomic E-state index is 12.3. The monoisotopic (exact) mass is 424 g/mol. The molecule has 0 unspecified atom stereocenters. The molecule has 4 heterocycles. The molecule has 0 N–H and O–H groups in total. The van der Waals surface area contributed by atoms with Crippen LogP contribution < -0.4 is 10.3 Å². The predicted octanol–water partition coefficient (Wildman–Crippen LogP) is 3.26. The Morgan fingerprint density at radius 3 is 2.86 bits per heavy atom. The van der Waals surface area contributed by atoms with Gasteiger partial charge in [0, 0.05) is 23.3 Å². The van der Waals surface area contributed by atoms with Crippen molar-refractivity contribution < 1.29 is 4.74 Å². The third-order valence-corrected chi connectivity index (χ3v) is 6.41. The average molecular weight is 425 g/mol. The third kappa shape index (κ3) is 3.04. The molecule has 5 rings (SSSR count). The van der Waals surface area contributed by atoms with Crippen molar-refractivity contribution in [3.8, 4) is 5.75 Å². The second-order valence-corrected chi connectivity index (χ2v) is 8.68. The van der Waals surface area contributed by atoms with E-state index in [9.17, 15) is 4.79 Å². The van der Waals surface area contributed by atoms with Crippen LogP contribution in [0.5, 0.6) is 5.75 Å². The van der Waals surface area contributed by atoms with E-state index in [1.165, 1.54) is 33.7 Å². The minimum atomic E-state index is -0.174. The van der Waals surface area contributed by atoms with E-state index >= 15 is 0 Å². The largest absolute Gasteiger partial charge is 0.497 e. The van der Waals surface area contributed by atoms with Gasteiger partial charge < -0.3 is 4.74 Å². The number of rotatable bonds is 4. The van der Waals surface area contributed by atoms with Gasteiger partial charge in [0.2, 0.25) is 4.96 Å². The summed E-state index contributed by atoms with van der Waals surface area (Å²) in [5, 5.41) is 15.5. The van der Waals surface area contributed by atoms with E-state index in [4.69, 9.17) is 4.74 Å². The fraction of sp³-hybridized carbons (Fsp3) is 0.211. The fourth-order valence-corrected chi connectivity index (χ4v) is 4.90.